The van der Waals surface area contributed by atoms with Gasteiger partial charge in [-0.25, -0.2) is 8.42 Å². The molecule has 0 aliphatic carbocycles. The first kappa shape index (κ1) is 17.7. The van der Waals surface area contributed by atoms with Crippen LogP contribution in [0.2, 0.25) is 0 Å². The summed E-state index contributed by atoms with van der Waals surface area (Å²) >= 11 is 1.72. The number of nitrogens with zero attached hydrogens (tertiary/aromatic N) is 1. The highest BCUT2D eigenvalue weighted by Gasteiger charge is 2.27. The monoisotopic (exact) mass is 429 g/mol. The molecule has 1 atom stereocenters. The van der Waals surface area contributed by atoms with Crippen LogP contribution in [0.3, 0.4) is 0 Å². The Morgan fingerprint density at radius 3 is 2.95 bits per heavy atom. The smallest absolute Gasteiger partial charge is 0.188 e. The predicted octanol–water partition coefficient (Wildman–Crippen LogP) is 1.25. The lowest BCUT2D eigenvalue weighted by molar-refractivity contribution is 0.590. The lowest BCUT2D eigenvalue weighted by Gasteiger charge is -2.07. The standard InChI is InChI=1S/C12H19N3O2S2.HI/c13-12(14-5-3-11-2-1-6-18-11)15-8-10-4-7-19(16,17)9-10;/h1-2,6,10H,3-5,7-9H2,(H3,13,14,15);1H. The van der Waals surface area contributed by atoms with Crippen LogP contribution in [0, 0.1) is 5.92 Å². The van der Waals surface area contributed by atoms with Crippen LogP contribution < -0.4 is 11.1 Å². The molecule has 8 heteroatoms. The third-order valence-electron chi connectivity index (χ3n) is 3.10. The third kappa shape index (κ3) is 5.96. The average Bonchev–Trinajstić information content (AvgIpc) is 2.96. The van der Waals surface area contributed by atoms with E-state index >= 15 is 0 Å². The van der Waals surface area contributed by atoms with Crippen LogP contribution in [0.5, 0.6) is 0 Å². The van der Waals surface area contributed by atoms with Gasteiger partial charge in [0.15, 0.2) is 15.8 Å². The quantitative estimate of drug-likeness (QED) is 0.419. The van der Waals surface area contributed by atoms with Crippen LogP contribution in [0.1, 0.15) is 11.3 Å². The van der Waals surface area contributed by atoms with Crippen molar-refractivity contribution in [2.45, 2.75) is 12.8 Å². The highest BCUT2D eigenvalue weighted by Crippen LogP contribution is 2.18. The van der Waals surface area contributed by atoms with Gasteiger partial charge in [0.1, 0.15) is 0 Å². The van der Waals surface area contributed by atoms with E-state index in [0.29, 0.717) is 24.7 Å². The highest BCUT2D eigenvalue weighted by molar-refractivity contribution is 14.0. The van der Waals surface area contributed by atoms with Crippen molar-refractivity contribution in [2.75, 3.05) is 24.6 Å². The zero-order valence-corrected chi connectivity index (χ0v) is 15.1. The molecular formula is C12H20IN3O2S2. The van der Waals surface area contributed by atoms with E-state index in [0.717, 1.165) is 13.0 Å². The van der Waals surface area contributed by atoms with Crippen LogP contribution >= 0.6 is 35.3 Å². The Morgan fingerprint density at radius 2 is 2.35 bits per heavy atom. The molecule has 5 nitrogen and oxygen atoms in total. The number of aliphatic imine (C=N–C) groups is 1. The maximum absolute atomic E-state index is 11.3. The normalized spacial score (nSPS) is 21.4. The highest BCUT2D eigenvalue weighted by atomic mass is 127. The molecule has 1 aliphatic rings. The van der Waals surface area contributed by atoms with E-state index in [9.17, 15) is 8.42 Å². The van der Waals surface area contributed by atoms with E-state index in [4.69, 9.17) is 5.73 Å². The van der Waals surface area contributed by atoms with Crippen LogP contribution in [-0.4, -0.2) is 39.0 Å². The van der Waals surface area contributed by atoms with Gasteiger partial charge in [0.05, 0.1) is 11.5 Å². The molecule has 3 N–H and O–H groups in total. The molecule has 2 rings (SSSR count). The summed E-state index contributed by atoms with van der Waals surface area (Å²) < 4.78 is 22.6. The number of nitrogens with one attached hydrogen (secondary N) is 1. The lowest BCUT2D eigenvalue weighted by Crippen LogP contribution is -2.33. The first-order valence-corrected chi connectivity index (χ1v) is 9.02. The maximum Gasteiger partial charge on any atom is 0.188 e. The van der Waals surface area contributed by atoms with E-state index in [1.807, 2.05) is 11.4 Å². The molecule has 0 bridgehead atoms. The second kappa shape index (κ2) is 8.18. The largest absolute Gasteiger partial charge is 0.370 e. The summed E-state index contributed by atoms with van der Waals surface area (Å²) in [5, 5.41) is 5.10. The van der Waals surface area contributed by atoms with Gasteiger partial charge in [-0.3, -0.25) is 4.99 Å². The van der Waals surface area contributed by atoms with Crippen molar-refractivity contribution in [2.24, 2.45) is 16.6 Å². The van der Waals surface area contributed by atoms with Crippen LogP contribution in [0.25, 0.3) is 0 Å². The van der Waals surface area contributed by atoms with Gasteiger partial charge >= 0.3 is 0 Å². The summed E-state index contributed by atoms with van der Waals surface area (Å²) in [5.41, 5.74) is 5.75. The molecule has 0 spiro atoms. The molecule has 2 heterocycles. The van der Waals surface area contributed by atoms with E-state index in [2.05, 4.69) is 16.4 Å². The Bertz CT molecular complexity index is 529. The molecule has 0 radical (unpaired) electrons. The molecule has 1 unspecified atom stereocenters. The first-order valence-electron chi connectivity index (χ1n) is 6.32. The molecule has 1 aromatic rings. The summed E-state index contributed by atoms with van der Waals surface area (Å²) in [5.74, 6) is 1.07. The van der Waals surface area contributed by atoms with Crippen molar-refractivity contribution >= 4 is 51.1 Å². The molecule has 1 aromatic heterocycles. The van der Waals surface area contributed by atoms with Gasteiger partial charge in [-0.05, 0) is 30.2 Å². The third-order valence-corrected chi connectivity index (χ3v) is 5.88. The molecule has 0 saturated carbocycles. The molecule has 0 amide bonds. The van der Waals surface area contributed by atoms with Crippen molar-refractivity contribution in [1.29, 1.82) is 0 Å². The number of hydrogen-bond donors (Lipinski definition) is 2. The molecule has 1 aliphatic heterocycles. The summed E-state index contributed by atoms with van der Waals surface area (Å²) in [4.78, 5) is 5.52. The van der Waals surface area contributed by atoms with Gasteiger partial charge in [-0.2, -0.15) is 0 Å². The zero-order chi connectivity index (χ0) is 13.7. The molecule has 0 aromatic carbocycles. The second-order valence-corrected chi connectivity index (χ2v) is 8.01. The topological polar surface area (TPSA) is 84.5 Å². The summed E-state index contributed by atoms with van der Waals surface area (Å²) in [7, 11) is -2.82. The Hall–Kier alpha value is -0.350. The number of rotatable bonds is 5. The van der Waals surface area contributed by atoms with Gasteiger partial charge in [-0.15, -0.1) is 35.3 Å². The minimum atomic E-state index is -2.82. The lowest BCUT2D eigenvalue weighted by atomic mass is 10.1. The van der Waals surface area contributed by atoms with E-state index in [1.165, 1.54) is 4.88 Å². The molecule has 114 valence electrons. The van der Waals surface area contributed by atoms with E-state index < -0.39 is 9.84 Å². The summed E-state index contributed by atoms with van der Waals surface area (Å²) in [6, 6.07) is 4.11. The Balaban J connectivity index is 0.00000200. The average molecular weight is 429 g/mol. The molecule has 20 heavy (non-hydrogen) atoms. The van der Waals surface area contributed by atoms with Gasteiger partial charge in [0.2, 0.25) is 0 Å². The first-order chi connectivity index (χ1) is 9.05. The fourth-order valence-corrected chi connectivity index (χ4v) is 4.63. The fraction of sp³-hybridized carbons (Fsp3) is 0.583. The predicted molar refractivity (Wildman–Crippen MR) is 94.7 cm³/mol. The minimum Gasteiger partial charge on any atom is -0.370 e. The Labute approximate surface area is 141 Å². The number of sulfone groups is 1. The van der Waals surface area contributed by atoms with Crippen molar-refractivity contribution in [1.82, 2.24) is 5.32 Å². The molecule has 1 saturated heterocycles. The minimum absolute atomic E-state index is 0. The van der Waals surface area contributed by atoms with Crippen LogP contribution in [0.15, 0.2) is 22.5 Å². The number of thiophene rings is 1. The Morgan fingerprint density at radius 1 is 1.55 bits per heavy atom. The van der Waals surface area contributed by atoms with Crippen molar-refractivity contribution in [3.8, 4) is 0 Å². The van der Waals surface area contributed by atoms with Gasteiger partial charge < -0.3 is 11.1 Å². The molecule has 1 fully saturated rings. The summed E-state index contributed by atoms with van der Waals surface area (Å²) in [6.45, 7) is 1.25. The van der Waals surface area contributed by atoms with Gasteiger partial charge in [0.25, 0.3) is 0 Å². The zero-order valence-electron chi connectivity index (χ0n) is 11.1. The SMILES string of the molecule is I.NC(=NCC1CCS(=O)(=O)C1)NCCc1cccs1. The van der Waals surface area contributed by atoms with Crippen LogP contribution in [-0.2, 0) is 16.3 Å². The number of halogens is 1. The van der Waals surface area contributed by atoms with Crippen molar-refractivity contribution < 1.29 is 8.42 Å². The maximum atomic E-state index is 11.3. The second-order valence-electron chi connectivity index (χ2n) is 4.75. The number of nitrogens with two attached hydrogens (primary N) is 1. The molecular weight excluding hydrogens is 409 g/mol. The summed E-state index contributed by atoms with van der Waals surface area (Å²) in [6.07, 6.45) is 1.63. The van der Waals surface area contributed by atoms with E-state index in [1.54, 1.807) is 11.3 Å². The van der Waals surface area contributed by atoms with E-state index in [-0.39, 0.29) is 35.6 Å². The number of guanidine groups is 1. The fourth-order valence-electron chi connectivity index (χ4n) is 2.07. The van der Waals surface area contributed by atoms with Crippen LogP contribution in [0.4, 0.5) is 0 Å². The number of hydrogen-bond acceptors (Lipinski definition) is 4. The van der Waals surface area contributed by atoms with Crippen molar-refractivity contribution in [3.05, 3.63) is 22.4 Å². The van der Waals surface area contributed by atoms with Gasteiger partial charge in [0, 0.05) is 18.0 Å². The van der Waals surface area contributed by atoms with Crippen molar-refractivity contribution in [3.63, 3.8) is 0 Å². The Kier molecular flexibility index (Phi) is 7.24. The van der Waals surface area contributed by atoms with Gasteiger partial charge in [-0.1, -0.05) is 6.07 Å².